The van der Waals surface area contributed by atoms with Crippen LogP contribution in [0.25, 0.3) is 0 Å². The average Bonchev–Trinajstić information content (AvgIpc) is 2.85. The first kappa shape index (κ1) is 16.4. The van der Waals surface area contributed by atoms with Crippen LogP contribution < -0.4 is 20.1 Å². The summed E-state index contributed by atoms with van der Waals surface area (Å²) in [6, 6.07) is 12.9. The fraction of sp³-hybridized carbons (Fsp3) is 0.300. The molecular weight excluding hydrogens is 332 g/mol. The number of rotatable bonds is 3. The van der Waals surface area contributed by atoms with Gasteiger partial charge in [0.1, 0.15) is 12.7 Å². The molecule has 26 heavy (non-hydrogen) atoms. The number of fused-ring (bicyclic) bond motifs is 2. The van der Waals surface area contributed by atoms with E-state index < -0.39 is 0 Å². The zero-order valence-electron chi connectivity index (χ0n) is 14.3. The molecule has 0 aromatic heterocycles. The molecule has 2 aliphatic rings. The molecule has 134 valence electrons. The molecule has 6 heteroatoms. The standard InChI is InChI=1S/C20H20N2O4/c23-19-7-3-4-13-10-14(8-9-16(13)22-19)20(24)21-11-15-12-25-17-5-1-2-6-18(17)26-15/h1-2,5-6,8-10,15H,3-4,7,11-12H2,(H,21,24)(H,22,23). The highest BCUT2D eigenvalue weighted by Gasteiger charge is 2.21. The molecule has 1 unspecified atom stereocenters. The summed E-state index contributed by atoms with van der Waals surface area (Å²) in [7, 11) is 0. The minimum absolute atomic E-state index is 0.0238. The Hall–Kier alpha value is -3.02. The number of carbonyl (C=O) groups is 2. The van der Waals surface area contributed by atoms with Crippen molar-refractivity contribution in [2.24, 2.45) is 0 Å². The number of aryl methyl sites for hydroxylation is 1. The molecule has 4 rings (SSSR count). The minimum Gasteiger partial charge on any atom is -0.486 e. The van der Waals surface area contributed by atoms with Gasteiger partial charge in [-0.2, -0.15) is 0 Å². The maximum absolute atomic E-state index is 12.5. The Kier molecular flexibility index (Phi) is 4.48. The van der Waals surface area contributed by atoms with Crippen molar-refractivity contribution < 1.29 is 19.1 Å². The van der Waals surface area contributed by atoms with Gasteiger partial charge < -0.3 is 20.1 Å². The van der Waals surface area contributed by atoms with Gasteiger partial charge in [-0.05, 0) is 48.7 Å². The fourth-order valence-corrected chi connectivity index (χ4v) is 3.19. The zero-order chi connectivity index (χ0) is 17.9. The quantitative estimate of drug-likeness (QED) is 0.890. The molecular formula is C20H20N2O4. The molecule has 0 aliphatic carbocycles. The van der Waals surface area contributed by atoms with Crippen LogP contribution in [0.3, 0.4) is 0 Å². The number of para-hydroxylation sites is 2. The predicted molar refractivity (Wildman–Crippen MR) is 96.7 cm³/mol. The Balaban J connectivity index is 1.38. The van der Waals surface area contributed by atoms with E-state index in [2.05, 4.69) is 10.6 Å². The molecule has 0 spiro atoms. The molecule has 2 heterocycles. The largest absolute Gasteiger partial charge is 0.486 e. The van der Waals surface area contributed by atoms with Gasteiger partial charge in [0.2, 0.25) is 5.91 Å². The van der Waals surface area contributed by atoms with Gasteiger partial charge >= 0.3 is 0 Å². The summed E-state index contributed by atoms with van der Waals surface area (Å²) in [5, 5.41) is 5.77. The third-order valence-electron chi connectivity index (χ3n) is 4.55. The van der Waals surface area contributed by atoms with Crippen LogP contribution in [0.1, 0.15) is 28.8 Å². The Morgan fingerprint density at radius 2 is 2.00 bits per heavy atom. The SMILES string of the molecule is O=C1CCCc2cc(C(=O)NCC3COc4ccccc4O3)ccc2N1. The molecule has 0 fully saturated rings. The first-order valence-electron chi connectivity index (χ1n) is 8.78. The highest BCUT2D eigenvalue weighted by molar-refractivity contribution is 5.97. The van der Waals surface area contributed by atoms with Gasteiger partial charge in [0.25, 0.3) is 5.91 Å². The van der Waals surface area contributed by atoms with Gasteiger partial charge in [-0.3, -0.25) is 9.59 Å². The molecule has 2 aromatic rings. The molecule has 2 aromatic carbocycles. The lowest BCUT2D eigenvalue weighted by Gasteiger charge is -2.26. The van der Waals surface area contributed by atoms with Crippen LogP contribution >= 0.6 is 0 Å². The van der Waals surface area contributed by atoms with Crippen LogP contribution in [0, 0.1) is 0 Å². The number of hydrogen-bond donors (Lipinski definition) is 2. The molecule has 2 aliphatic heterocycles. The third-order valence-corrected chi connectivity index (χ3v) is 4.55. The zero-order valence-corrected chi connectivity index (χ0v) is 14.3. The average molecular weight is 352 g/mol. The lowest BCUT2D eigenvalue weighted by Crippen LogP contribution is -2.40. The van der Waals surface area contributed by atoms with E-state index in [1.54, 1.807) is 12.1 Å². The molecule has 2 amide bonds. The molecule has 2 N–H and O–H groups in total. The van der Waals surface area contributed by atoms with E-state index in [9.17, 15) is 9.59 Å². The van der Waals surface area contributed by atoms with Crippen LogP contribution in [0.2, 0.25) is 0 Å². The Morgan fingerprint density at radius 1 is 1.15 bits per heavy atom. The van der Waals surface area contributed by atoms with E-state index in [4.69, 9.17) is 9.47 Å². The Labute approximate surface area is 151 Å². The summed E-state index contributed by atoms with van der Waals surface area (Å²) in [6.07, 6.45) is 1.85. The van der Waals surface area contributed by atoms with E-state index in [0.717, 1.165) is 29.8 Å². The second kappa shape index (κ2) is 7.07. The van der Waals surface area contributed by atoms with Gasteiger partial charge in [-0.1, -0.05) is 12.1 Å². The Bertz CT molecular complexity index is 849. The molecule has 0 saturated heterocycles. The number of anilines is 1. The van der Waals surface area contributed by atoms with Crippen LogP contribution in [-0.2, 0) is 11.2 Å². The highest BCUT2D eigenvalue weighted by atomic mass is 16.6. The van der Waals surface area contributed by atoms with Gasteiger partial charge in [0, 0.05) is 17.7 Å². The number of ether oxygens (including phenoxy) is 2. The van der Waals surface area contributed by atoms with E-state index in [1.807, 2.05) is 30.3 Å². The van der Waals surface area contributed by atoms with Crippen molar-refractivity contribution in [3.05, 3.63) is 53.6 Å². The Morgan fingerprint density at radius 3 is 2.88 bits per heavy atom. The number of carbonyl (C=O) groups excluding carboxylic acids is 2. The predicted octanol–water partition coefficient (Wildman–Crippen LogP) is 2.53. The van der Waals surface area contributed by atoms with Crippen molar-refractivity contribution in [1.82, 2.24) is 5.32 Å². The van der Waals surface area contributed by atoms with Gasteiger partial charge in [0.15, 0.2) is 11.5 Å². The maximum atomic E-state index is 12.5. The summed E-state index contributed by atoms with van der Waals surface area (Å²) >= 11 is 0. The van der Waals surface area contributed by atoms with E-state index in [-0.39, 0.29) is 17.9 Å². The summed E-state index contributed by atoms with van der Waals surface area (Å²) in [4.78, 5) is 24.1. The molecule has 0 bridgehead atoms. The van der Waals surface area contributed by atoms with Gasteiger partial charge in [-0.25, -0.2) is 0 Å². The first-order chi connectivity index (χ1) is 12.7. The van der Waals surface area contributed by atoms with Crippen LogP contribution in [0.15, 0.2) is 42.5 Å². The van der Waals surface area contributed by atoms with Crippen molar-refractivity contribution in [3.63, 3.8) is 0 Å². The molecule has 0 radical (unpaired) electrons. The van der Waals surface area contributed by atoms with Crippen molar-refractivity contribution in [3.8, 4) is 11.5 Å². The maximum Gasteiger partial charge on any atom is 0.251 e. The van der Waals surface area contributed by atoms with E-state index >= 15 is 0 Å². The third kappa shape index (κ3) is 3.49. The second-order valence-corrected chi connectivity index (χ2v) is 6.48. The van der Waals surface area contributed by atoms with Gasteiger partial charge in [0.05, 0.1) is 6.54 Å². The summed E-state index contributed by atoms with van der Waals surface area (Å²) in [5.41, 5.74) is 2.37. The van der Waals surface area contributed by atoms with E-state index in [0.29, 0.717) is 30.9 Å². The lowest BCUT2D eigenvalue weighted by molar-refractivity contribution is -0.116. The van der Waals surface area contributed by atoms with Crippen molar-refractivity contribution in [2.45, 2.75) is 25.4 Å². The highest BCUT2D eigenvalue weighted by Crippen LogP contribution is 2.30. The summed E-state index contributed by atoms with van der Waals surface area (Å²) in [5.74, 6) is 1.28. The first-order valence-corrected chi connectivity index (χ1v) is 8.78. The topological polar surface area (TPSA) is 76.7 Å². The minimum atomic E-state index is -0.228. The van der Waals surface area contributed by atoms with Crippen LogP contribution in [0.5, 0.6) is 11.5 Å². The van der Waals surface area contributed by atoms with Crippen molar-refractivity contribution in [2.75, 3.05) is 18.5 Å². The smallest absolute Gasteiger partial charge is 0.251 e. The van der Waals surface area contributed by atoms with Crippen molar-refractivity contribution >= 4 is 17.5 Å². The van der Waals surface area contributed by atoms with Crippen LogP contribution in [0.4, 0.5) is 5.69 Å². The van der Waals surface area contributed by atoms with E-state index in [1.165, 1.54) is 0 Å². The molecule has 1 atom stereocenters. The van der Waals surface area contributed by atoms with Gasteiger partial charge in [-0.15, -0.1) is 0 Å². The number of nitrogens with one attached hydrogen (secondary N) is 2. The number of benzene rings is 2. The summed E-state index contributed by atoms with van der Waals surface area (Å²) in [6.45, 7) is 0.758. The normalized spacial score (nSPS) is 18.3. The lowest BCUT2D eigenvalue weighted by atomic mass is 10.0. The molecule has 6 nitrogen and oxygen atoms in total. The second-order valence-electron chi connectivity index (χ2n) is 6.48. The monoisotopic (exact) mass is 352 g/mol. The van der Waals surface area contributed by atoms with Crippen LogP contribution in [-0.4, -0.2) is 31.1 Å². The molecule has 0 saturated carbocycles. The fourth-order valence-electron chi connectivity index (χ4n) is 3.19. The number of amides is 2. The van der Waals surface area contributed by atoms with Crippen molar-refractivity contribution in [1.29, 1.82) is 0 Å². The summed E-state index contributed by atoms with van der Waals surface area (Å²) < 4.78 is 11.5. The number of hydrogen-bond acceptors (Lipinski definition) is 4.